The van der Waals surface area contributed by atoms with Gasteiger partial charge in [0.25, 0.3) is 0 Å². The Labute approximate surface area is 230 Å². The van der Waals surface area contributed by atoms with Crippen LogP contribution in [0.25, 0.3) is 0 Å². The van der Waals surface area contributed by atoms with Gasteiger partial charge in [-0.3, -0.25) is 0 Å². The van der Waals surface area contributed by atoms with Crippen LogP contribution in [0.2, 0.25) is 36.3 Å². The monoisotopic (exact) mass is 552 g/mol. The van der Waals surface area contributed by atoms with Crippen LogP contribution in [0.15, 0.2) is 24.3 Å². The summed E-state index contributed by atoms with van der Waals surface area (Å²) in [4.78, 5) is 12.1. The summed E-state index contributed by atoms with van der Waals surface area (Å²) in [5.74, 6) is 0.780. The van der Waals surface area contributed by atoms with Crippen molar-refractivity contribution in [2.24, 2.45) is 17.8 Å². The normalized spacial score (nSPS) is 17.6. The fourth-order valence-corrected chi connectivity index (χ4v) is 6.86. The smallest absolute Gasteiger partial charge is 0.192 e. The lowest BCUT2D eigenvalue weighted by Crippen LogP contribution is -2.54. The number of rotatable bonds is 14. The molecule has 0 N–H and O–H groups in total. The lowest BCUT2D eigenvalue weighted by Gasteiger charge is -2.47. The number of methoxy groups -OCH3 is 1. The van der Waals surface area contributed by atoms with Crippen LogP contribution in [0.3, 0.4) is 0 Å². The topological polar surface area (TPSA) is 54.0 Å². The van der Waals surface area contributed by atoms with Gasteiger partial charge in [-0.15, -0.1) is 0 Å². The van der Waals surface area contributed by atoms with E-state index in [1.165, 1.54) is 0 Å². The molecule has 0 heterocycles. The molecule has 1 aromatic carbocycles. The predicted octanol–water partition coefficient (Wildman–Crippen LogP) is 8.10. The third-order valence-corrected chi connectivity index (χ3v) is 17.6. The predicted molar refractivity (Wildman–Crippen MR) is 160 cm³/mol. The van der Waals surface area contributed by atoms with E-state index in [1.54, 1.807) is 7.11 Å². The summed E-state index contributed by atoms with van der Waals surface area (Å²) < 4.78 is 25.5. The van der Waals surface area contributed by atoms with Gasteiger partial charge in [0.1, 0.15) is 12.0 Å². The van der Waals surface area contributed by atoms with E-state index in [-0.39, 0.29) is 40.0 Å². The number of ether oxygens (including phenoxy) is 2. The van der Waals surface area contributed by atoms with Crippen molar-refractivity contribution in [3.8, 4) is 5.75 Å². The second-order valence-electron chi connectivity index (χ2n) is 13.9. The number of benzene rings is 1. The van der Waals surface area contributed by atoms with Crippen molar-refractivity contribution < 1.29 is 23.1 Å². The van der Waals surface area contributed by atoms with Crippen molar-refractivity contribution >= 4 is 22.9 Å². The van der Waals surface area contributed by atoms with E-state index in [4.69, 9.17) is 18.3 Å². The molecule has 0 bridgehead atoms. The van der Waals surface area contributed by atoms with Crippen LogP contribution in [-0.2, 0) is 25.0 Å². The molecule has 5 nitrogen and oxygen atoms in total. The molecule has 0 amide bonds. The molecule has 0 spiro atoms. The molecule has 0 fully saturated rings. The molecular formula is C30H56O5Si2. The van der Waals surface area contributed by atoms with Gasteiger partial charge in [0.05, 0.1) is 32.5 Å². The molecular weight excluding hydrogens is 496 g/mol. The molecule has 0 aliphatic carbocycles. The van der Waals surface area contributed by atoms with Gasteiger partial charge in [0, 0.05) is 17.8 Å². The Balaban J connectivity index is 3.22. The summed E-state index contributed by atoms with van der Waals surface area (Å²) in [6, 6.07) is 7.98. The second-order valence-corrected chi connectivity index (χ2v) is 23.4. The largest absolute Gasteiger partial charge is 0.497 e. The minimum Gasteiger partial charge on any atom is -0.497 e. The highest BCUT2D eigenvalue weighted by atomic mass is 28.4. The van der Waals surface area contributed by atoms with E-state index in [9.17, 15) is 4.79 Å². The summed E-state index contributed by atoms with van der Waals surface area (Å²) in [6.07, 6.45) is 0.744. The van der Waals surface area contributed by atoms with Gasteiger partial charge in [-0.1, -0.05) is 74.4 Å². The summed E-state index contributed by atoms with van der Waals surface area (Å²) in [5.41, 5.74) is 1.11. The van der Waals surface area contributed by atoms with Gasteiger partial charge in [-0.25, -0.2) is 0 Å². The first kappa shape index (κ1) is 34.0. The van der Waals surface area contributed by atoms with Gasteiger partial charge < -0.3 is 23.1 Å². The third-order valence-electron chi connectivity index (χ3n) is 8.61. The van der Waals surface area contributed by atoms with Crippen LogP contribution in [0.1, 0.15) is 67.9 Å². The van der Waals surface area contributed by atoms with E-state index in [0.717, 1.165) is 17.6 Å². The van der Waals surface area contributed by atoms with Crippen molar-refractivity contribution in [1.82, 2.24) is 0 Å². The average Bonchev–Trinajstić information content (AvgIpc) is 2.79. The molecule has 1 rings (SSSR count). The molecule has 0 saturated carbocycles. The SMILES string of the molecule is COc1ccc(COC[C@H](C)[C@H](O[Si](C)(C)C(C)(C)C)[C@@H](C)[C@@H](O[Si](C)(C)C(C)(C)C)[C@H](C)C=O)cc1. The molecule has 1 aromatic rings. The summed E-state index contributed by atoms with van der Waals surface area (Å²) in [6.45, 7) is 30.1. The second kappa shape index (κ2) is 13.4. The van der Waals surface area contributed by atoms with E-state index >= 15 is 0 Å². The first-order chi connectivity index (χ1) is 16.8. The quantitative estimate of drug-likeness (QED) is 0.172. The maximum Gasteiger partial charge on any atom is 0.192 e. The molecule has 7 heteroatoms. The van der Waals surface area contributed by atoms with Crippen molar-refractivity contribution in [2.45, 2.75) is 117 Å². The van der Waals surface area contributed by atoms with Crippen molar-refractivity contribution in [2.75, 3.05) is 13.7 Å². The number of hydrogen-bond donors (Lipinski definition) is 0. The minimum absolute atomic E-state index is 0.0306. The van der Waals surface area contributed by atoms with Crippen LogP contribution < -0.4 is 4.74 Å². The van der Waals surface area contributed by atoms with Gasteiger partial charge in [-0.2, -0.15) is 0 Å². The van der Waals surface area contributed by atoms with E-state index in [1.807, 2.05) is 31.2 Å². The maximum atomic E-state index is 12.1. The number of hydrogen-bond acceptors (Lipinski definition) is 5. The number of aldehydes is 1. The zero-order valence-corrected chi connectivity index (χ0v) is 28.2. The minimum atomic E-state index is -2.11. The van der Waals surface area contributed by atoms with Gasteiger partial charge in [0.15, 0.2) is 16.6 Å². The molecule has 0 radical (unpaired) electrons. The Morgan fingerprint density at radius 3 is 1.68 bits per heavy atom. The highest BCUT2D eigenvalue weighted by Crippen LogP contribution is 2.42. The summed E-state index contributed by atoms with van der Waals surface area (Å²) >= 11 is 0. The van der Waals surface area contributed by atoms with Crippen LogP contribution in [0.4, 0.5) is 0 Å². The Hall–Kier alpha value is -0.996. The molecule has 214 valence electrons. The Morgan fingerprint density at radius 1 is 0.811 bits per heavy atom. The fraction of sp³-hybridized carbons (Fsp3) is 0.767. The Kier molecular flexibility index (Phi) is 12.3. The first-order valence-electron chi connectivity index (χ1n) is 13.8. The van der Waals surface area contributed by atoms with E-state index in [2.05, 4.69) is 81.6 Å². The highest BCUT2D eigenvalue weighted by molar-refractivity contribution is 6.74. The van der Waals surface area contributed by atoms with Crippen LogP contribution >= 0.6 is 0 Å². The standard InChI is InChI=1S/C30H56O5Si2/c1-22(19-31)27(34-36(11,12)29(4,5)6)24(3)28(35-37(13,14)30(7,8)9)23(2)20-33-21-25-15-17-26(32-10)18-16-25/h15-19,22-24,27-28H,20-21H2,1-14H3/t22-,23+,24+,27+,28+/m1/s1. The zero-order chi connectivity index (χ0) is 28.8. The summed E-state index contributed by atoms with van der Waals surface area (Å²) in [5, 5.41) is 0.122. The molecule has 0 aliphatic rings. The molecule has 0 saturated heterocycles. The zero-order valence-electron chi connectivity index (χ0n) is 26.2. The van der Waals surface area contributed by atoms with Crippen LogP contribution in [0.5, 0.6) is 5.75 Å². The lowest BCUT2D eigenvalue weighted by molar-refractivity contribution is -0.116. The molecule has 0 unspecified atom stereocenters. The van der Waals surface area contributed by atoms with Gasteiger partial charge in [-0.05, 0) is 54.0 Å². The fourth-order valence-electron chi connectivity index (χ4n) is 3.91. The Morgan fingerprint density at radius 2 is 1.27 bits per heavy atom. The molecule has 37 heavy (non-hydrogen) atoms. The van der Waals surface area contributed by atoms with Gasteiger partial charge >= 0.3 is 0 Å². The summed E-state index contributed by atoms with van der Waals surface area (Å²) in [7, 11) is -2.53. The van der Waals surface area contributed by atoms with Crippen molar-refractivity contribution in [1.29, 1.82) is 0 Å². The highest BCUT2D eigenvalue weighted by Gasteiger charge is 2.46. The number of carbonyl (C=O) groups excluding carboxylic acids is 1. The number of carbonyl (C=O) groups is 1. The van der Waals surface area contributed by atoms with E-state index < -0.39 is 16.6 Å². The molecule has 0 aromatic heterocycles. The molecule has 0 aliphatic heterocycles. The van der Waals surface area contributed by atoms with Gasteiger partial charge in [0.2, 0.25) is 0 Å². The van der Waals surface area contributed by atoms with Crippen molar-refractivity contribution in [3.05, 3.63) is 29.8 Å². The maximum absolute atomic E-state index is 12.1. The molecule has 5 atom stereocenters. The third kappa shape index (κ3) is 9.61. The lowest BCUT2D eigenvalue weighted by atomic mass is 9.85. The van der Waals surface area contributed by atoms with Crippen molar-refractivity contribution in [3.63, 3.8) is 0 Å². The Bertz CT molecular complexity index is 824. The first-order valence-corrected chi connectivity index (χ1v) is 19.6. The van der Waals surface area contributed by atoms with Crippen LogP contribution in [0, 0.1) is 17.8 Å². The van der Waals surface area contributed by atoms with Crippen LogP contribution in [-0.4, -0.2) is 48.8 Å². The average molecular weight is 553 g/mol. The van der Waals surface area contributed by atoms with E-state index in [0.29, 0.717) is 13.2 Å².